The molecule has 0 spiro atoms. The normalized spacial score (nSPS) is 14.6. The lowest BCUT2D eigenvalue weighted by atomic mass is 10.2. The Kier molecular flexibility index (Phi) is 6.31. The number of hydrogen-bond donors (Lipinski definition) is 1. The zero-order valence-electron chi connectivity index (χ0n) is 15.0. The Morgan fingerprint density at radius 1 is 1.21 bits per heavy atom. The second kappa shape index (κ2) is 8.89. The van der Waals surface area contributed by atoms with Crippen molar-refractivity contribution in [2.24, 2.45) is 5.73 Å². The molecule has 0 unspecified atom stereocenters. The van der Waals surface area contributed by atoms with Crippen molar-refractivity contribution in [1.29, 1.82) is 0 Å². The van der Waals surface area contributed by atoms with Gasteiger partial charge in [-0.25, -0.2) is 9.18 Å². The number of nitrogens with zero attached hydrogens (tertiary/aromatic N) is 2. The third-order valence-electron chi connectivity index (χ3n) is 4.46. The fourth-order valence-corrected chi connectivity index (χ4v) is 3.15. The van der Waals surface area contributed by atoms with Crippen molar-refractivity contribution >= 4 is 23.4 Å². The lowest BCUT2D eigenvalue weighted by molar-refractivity contribution is 0.0949. The molecule has 1 heterocycles. The monoisotopic (exact) mass is 403 g/mol. The number of carbonyl (C=O) groups is 1. The van der Waals surface area contributed by atoms with Gasteiger partial charge in [0.05, 0.1) is 5.56 Å². The quantitative estimate of drug-likeness (QED) is 0.750. The zero-order chi connectivity index (χ0) is 20.1. The highest BCUT2D eigenvalue weighted by Crippen LogP contribution is 2.23. The van der Waals surface area contributed by atoms with Crippen molar-refractivity contribution in [3.63, 3.8) is 0 Å². The number of carbonyl (C=O) groups excluding carboxylic acids is 2. The first kappa shape index (κ1) is 19.9. The molecular formula is C20H19ClFN3O3. The van der Waals surface area contributed by atoms with Crippen molar-refractivity contribution in [3.8, 4) is 5.75 Å². The van der Waals surface area contributed by atoms with Crippen LogP contribution in [0, 0.1) is 5.82 Å². The predicted molar refractivity (Wildman–Crippen MR) is 103 cm³/mol. The van der Waals surface area contributed by atoms with Crippen LogP contribution in [0.15, 0.2) is 48.2 Å². The molecular weight excluding hydrogens is 385 g/mol. The summed E-state index contributed by atoms with van der Waals surface area (Å²) in [5.41, 5.74) is 6.95. The minimum absolute atomic E-state index is 0.0802. The van der Waals surface area contributed by atoms with Gasteiger partial charge in [0.1, 0.15) is 23.2 Å². The van der Waals surface area contributed by atoms with Gasteiger partial charge in [0.25, 0.3) is 5.91 Å². The van der Waals surface area contributed by atoms with E-state index < -0.39 is 5.91 Å². The van der Waals surface area contributed by atoms with E-state index in [2.05, 4.69) is 4.90 Å². The Bertz CT molecular complexity index is 913. The Morgan fingerprint density at radius 2 is 1.96 bits per heavy atom. The van der Waals surface area contributed by atoms with Gasteiger partial charge in [-0.2, -0.15) is 0 Å². The molecule has 146 valence electrons. The minimum atomic E-state index is -0.646. The number of nitrogens with two attached hydrogens (primary N) is 1. The number of halogens is 2. The van der Waals surface area contributed by atoms with Crippen LogP contribution in [-0.2, 0) is 11.3 Å². The SMILES string of the molecule is NC(=O)c1cc(Cl)ccc1OCN1CCN(Cc2ccc(F)cc2)CC1=C=O. The third-order valence-corrected chi connectivity index (χ3v) is 4.70. The molecule has 0 aliphatic carbocycles. The van der Waals surface area contributed by atoms with Gasteiger partial charge in [-0.1, -0.05) is 23.7 Å². The first-order chi connectivity index (χ1) is 13.5. The van der Waals surface area contributed by atoms with Gasteiger partial charge in [-0.05, 0) is 35.9 Å². The van der Waals surface area contributed by atoms with Gasteiger partial charge >= 0.3 is 0 Å². The summed E-state index contributed by atoms with van der Waals surface area (Å²) in [6.07, 6.45) is 0. The lowest BCUT2D eigenvalue weighted by Gasteiger charge is -2.36. The largest absolute Gasteiger partial charge is 0.472 e. The molecule has 1 aliphatic rings. The molecule has 0 aromatic heterocycles. The maximum Gasteiger partial charge on any atom is 0.252 e. The van der Waals surface area contributed by atoms with Crippen LogP contribution in [0.4, 0.5) is 4.39 Å². The summed E-state index contributed by atoms with van der Waals surface area (Å²) in [5, 5.41) is 0.379. The Balaban J connectivity index is 1.62. The summed E-state index contributed by atoms with van der Waals surface area (Å²) in [6, 6.07) is 10.9. The summed E-state index contributed by atoms with van der Waals surface area (Å²) in [6.45, 7) is 2.31. The molecule has 8 heteroatoms. The van der Waals surface area contributed by atoms with Gasteiger partial charge in [-0.15, -0.1) is 0 Å². The number of hydrogen-bond acceptors (Lipinski definition) is 5. The smallest absolute Gasteiger partial charge is 0.252 e. The van der Waals surface area contributed by atoms with E-state index in [4.69, 9.17) is 22.1 Å². The summed E-state index contributed by atoms with van der Waals surface area (Å²) in [4.78, 5) is 26.8. The molecule has 0 radical (unpaired) electrons. The van der Waals surface area contributed by atoms with Crippen LogP contribution < -0.4 is 10.5 Å². The van der Waals surface area contributed by atoms with Gasteiger partial charge < -0.3 is 15.4 Å². The molecule has 0 saturated carbocycles. The number of rotatable bonds is 6. The second-order valence-electron chi connectivity index (χ2n) is 6.43. The van der Waals surface area contributed by atoms with Crippen molar-refractivity contribution in [2.45, 2.75) is 6.54 Å². The molecule has 1 fully saturated rings. The highest BCUT2D eigenvalue weighted by Gasteiger charge is 2.23. The molecule has 28 heavy (non-hydrogen) atoms. The Hall–Kier alpha value is -2.86. The number of benzene rings is 2. The molecule has 2 N–H and O–H groups in total. The van der Waals surface area contributed by atoms with Crippen LogP contribution >= 0.6 is 11.6 Å². The fraction of sp³-hybridized carbons (Fsp3) is 0.250. The maximum atomic E-state index is 13.0. The second-order valence-corrected chi connectivity index (χ2v) is 6.86. The Labute approximate surface area is 166 Å². The van der Waals surface area contributed by atoms with Gasteiger partial charge in [0.2, 0.25) is 0 Å². The van der Waals surface area contributed by atoms with Crippen molar-refractivity contribution in [1.82, 2.24) is 9.80 Å². The Morgan fingerprint density at radius 3 is 2.64 bits per heavy atom. The zero-order valence-corrected chi connectivity index (χ0v) is 15.8. The first-order valence-electron chi connectivity index (χ1n) is 8.64. The molecule has 2 aromatic carbocycles. The third kappa shape index (κ3) is 4.89. The molecule has 0 bridgehead atoms. The molecule has 2 aromatic rings. The summed E-state index contributed by atoms with van der Waals surface area (Å²) >= 11 is 5.89. The molecule has 1 aliphatic heterocycles. The van der Waals surface area contributed by atoms with E-state index >= 15 is 0 Å². The van der Waals surface area contributed by atoms with Crippen LogP contribution in [-0.4, -0.2) is 48.0 Å². The van der Waals surface area contributed by atoms with E-state index in [9.17, 15) is 14.0 Å². The van der Waals surface area contributed by atoms with Gasteiger partial charge in [-0.3, -0.25) is 9.69 Å². The number of primary amides is 1. The van der Waals surface area contributed by atoms with E-state index in [1.807, 2.05) is 5.94 Å². The standard InChI is InChI=1S/C20H19ClFN3O3/c21-15-3-6-19(18(9-15)20(23)27)28-13-25-8-7-24(11-17(25)12-26)10-14-1-4-16(22)5-2-14/h1-6,9H,7-8,10-11,13H2,(H2,23,27). The average molecular weight is 404 g/mol. The summed E-state index contributed by atoms with van der Waals surface area (Å²) in [7, 11) is 0. The number of amides is 1. The number of ether oxygens (including phenoxy) is 1. The summed E-state index contributed by atoms with van der Waals surface area (Å²) < 4.78 is 18.7. The van der Waals surface area contributed by atoms with E-state index in [-0.39, 0.29) is 18.1 Å². The first-order valence-corrected chi connectivity index (χ1v) is 9.02. The molecule has 6 nitrogen and oxygen atoms in total. The molecule has 3 rings (SSSR count). The highest BCUT2D eigenvalue weighted by molar-refractivity contribution is 6.31. The topological polar surface area (TPSA) is 75.9 Å². The molecule has 1 saturated heterocycles. The van der Waals surface area contributed by atoms with Crippen molar-refractivity contribution < 1.29 is 18.7 Å². The van der Waals surface area contributed by atoms with E-state index in [1.165, 1.54) is 18.2 Å². The van der Waals surface area contributed by atoms with E-state index in [0.717, 1.165) is 5.56 Å². The predicted octanol–water partition coefficient (Wildman–Crippen LogP) is 2.45. The fourth-order valence-electron chi connectivity index (χ4n) is 2.98. The van der Waals surface area contributed by atoms with Crippen molar-refractivity contribution in [2.75, 3.05) is 26.4 Å². The summed E-state index contributed by atoms with van der Waals surface area (Å²) in [5.74, 6) is 1.34. The van der Waals surface area contributed by atoms with Crippen LogP contribution in [0.3, 0.4) is 0 Å². The van der Waals surface area contributed by atoms with Gasteiger partial charge in [0.15, 0.2) is 6.73 Å². The number of piperazine rings is 1. The van der Waals surface area contributed by atoms with Crippen LogP contribution in [0.1, 0.15) is 15.9 Å². The van der Waals surface area contributed by atoms with Crippen LogP contribution in [0.2, 0.25) is 5.02 Å². The van der Waals surface area contributed by atoms with E-state index in [0.29, 0.717) is 42.6 Å². The highest BCUT2D eigenvalue weighted by atomic mass is 35.5. The lowest BCUT2D eigenvalue weighted by Crippen LogP contribution is -2.45. The molecule has 0 atom stereocenters. The molecule has 1 amide bonds. The minimum Gasteiger partial charge on any atom is -0.472 e. The maximum absolute atomic E-state index is 13.0. The van der Waals surface area contributed by atoms with Crippen molar-refractivity contribution in [3.05, 3.63) is 70.1 Å². The van der Waals surface area contributed by atoms with E-state index in [1.54, 1.807) is 29.2 Å². The van der Waals surface area contributed by atoms with Gasteiger partial charge in [0, 0.05) is 31.2 Å². The average Bonchev–Trinajstić information content (AvgIpc) is 2.69. The van der Waals surface area contributed by atoms with Crippen LogP contribution in [0.5, 0.6) is 5.75 Å². The van der Waals surface area contributed by atoms with Crippen LogP contribution in [0.25, 0.3) is 0 Å².